The van der Waals surface area contributed by atoms with Crippen molar-refractivity contribution in [3.05, 3.63) is 0 Å². The topological polar surface area (TPSA) is 17.1 Å². The van der Waals surface area contributed by atoms with E-state index in [1.807, 2.05) is 0 Å². The molecule has 0 aromatic rings. The van der Waals surface area contributed by atoms with E-state index in [4.69, 9.17) is 0 Å². The molecule has 0 aromatic carbocycles. The number of halogens is 3. The number of rotatable bonds is 3. The van der Waals surface area contributed by atoms with Crippen molar-refractivity contribution in [2.24, 2.45) is 5.92 Å². The Morgan fingerprint density at radius 2 is 2.00 bits per heavy atom. The maximum Gasteiger partial charge on any atom is 0.441 e. The molecular weight excluding hydrogens is 225 g/mol. The monoisotopic (exact) mass is 240 g/mol. The minimum absolute atomic E-state index is 0.0138. The predicted molar refractivity (Wildman–Crippen MR) is 54.7 cm³/mol. The molecule has 0 aliphatic heterocycles. The van der Waals surface area contributed by atoms with E-state index in [9.17, 15) is 18.0 Å². The van der Waals surface area contributed by atoms with Gasteiger partial charge in [-0.05, 0) is 19.3 Å². The van der Waals surface area contributed by atoms with Gasteiger partial charge in [-0.3, -0.25) is 4.79 Å². The van der Waals surface area contributed by atoms with Crippen LogP contribution < -0.4 is 0 Å². The lowest BCUT2D eigenvalue weighted by Crippen LogP contribution is -2.14. The lowest BCUT2D eigenvalue weighted by Gasteiger charge is -2.12. The summed E-state index contributed by atoms with van der Waals surface area (Å²) < 4.78 is 35.6. The third-order valence-electron chi connectivity index (χ3n) is 2.66. The van der Waals surface area contributed by atoms with E-state index in [1.165, 1.54) is 0 Å². The predicted octanol–water partition coefficient (Wildman–Crippen LogP) is 3.78. The van der Waals surface area contributed by atoms with Crippen LogP contribution >= 0.6 is 11.8 Å². The number of thioether (sulfide) groups is 1. The van der Waals surface area contributed by atoms with Crippen molar-refractivity contribution in [1.29, 1.82) is 0 Å². The number of hydrogen-bond donors (Lipinski definition) is 0. The lowest BCUT2D eigenvalue weighted by atomic mass is 9.96. The number of carbonyl (C=O) groups is 1. The van der Waals surface area contributed by atoms with Crippen LogP contribution in [0.1, 0.15) is 38.5 Å². The Balaban J connectivity index is 2.27. The summed E-state index contributed by atoms with van der Waals surface area (Å²) in [4.78, 5) is 11.5. The highest BCUT2D eigenvalue weighted by Crippen LogP contribution is 2.32. The van der Waals surface area contributed by atoms with Gasteiger partial charge in [0.2, 0.25) is 0 Å². The van der Waals surface area contributed by atoms with Gasteiger partial charge in [-0.25, -0.2) is 0 Å². The third kappa shape index (κ3) is 5.44. The molecule has 15 heavy (non-hydrogen) atoms. The van der Waals surface area contributed by atoms with E-state index in [1.54, 1.807) is 0 Å². The van der Waals surface area contributed by atoms with Gasteiger partial charge in [-0.1, -0.05) is 24.6 Å². The Morgan fingerprint density at radius 3 is 2.67 bits per heavy atom. The maximum atomic E-state index is 11.9. The van der Waals surface area contributed by atoms with Crippen LogP contribution in [0.2, 0.25) is 0 Å². The summed E-state index contributed by atoms with van der Waals surface area (Å²) in [5.74, 6) is 0.0533. The quantitative estimate of drug-likeness (QED) is 0.698. The van der Waals surface area contributed by atoms with Crippen molar-refractivity contribution in [3.8, 4) is 0 Å². The zero-order chi connectivity index (χ0) is 11.3. The van der Waals surface area contributed by atoms with Crippen LogP contribution in [0.25, 0.3) is 0 Å². The van der Waals surface area contributed by atoms with Crippen molar-refractivity contribution in [3.63, 3.8) is 0 Å². The van der Waals surface area contributed by atoms with Crippen LogP contribution in [0.15, 0.2) is 0 Å². The first-order valence-electron chi connectivity index (χ1n) is 5.22. The maximum absolute atomic E-state index is 11.9. The molecule has 0 radical (unpaired) electrons. The van der Waals surface area contributed by atoms with Gasteiger partial charge in [-0.2, -0.15) is 13.2 Å². The molecule has 5 heteroatoms. The second-order valence-electron chi connectivity index (χ2n) is 3.85. The van der Waals surface area contributed by atoms with Crippen LogP contribution in [0.3, 0.4) is 0 Å². The van der Waals surface area contributed by atoms with Gasteiger partial charge in [0.25, 0.3) is 0 Å². The Kier molecular flexibility index (Phi) is 4.96. The third-order valence-corrected chi connectivity index (χ3v) is 3.43. The molecule has 1 atom stereocenters. The molecule has 1 unspecified atom stereocenters. The van der Waals surface area contributed by atoms with E-state index in [0.717, 1.165) is 25.7 Å². The van der Waals surface area contributed by atoms with E-state index in [-0.39, 0.29) is 29.2 Å². The Morgan fingerprint density at radius 1 is 1.27 bits per heavy atom. The average Bonchev–Trinajstić information content (AvgIpc) is 2.30. The number of carbonyl (C=O) groups excluding carboxylic acids is 1. The molecular formula is C10H15F3OS. The number of hydrogen-bond acceptors (Lipinski definition) is 2. The van der Waals surface area contributed by atoms with Crippen LogP contribution in [0.5, 0.6) is 0 Å². The average molecular weight is 240 g/mol. The molecule has 0 bridgehead atoms. The summed E-state index contributed by atoms with van der Waals surface area (Å²) >= 11 is -0.0162. The summed E-state index contributed by atoms with van der Waals surface area (Å²) in [6, 6.07) is 0. The van der Waals surface area contributed by atoms with Crippen LogP contribution in [-0.2, 0) is 4.79 Å². The summed E-state index contributed by atoms with van der Waals surface area (Å²) in [5.41, 5.74) is -4.16. The van der Waals surface area contributed by atoms with Crippen LogP contribution in [0, 0.1) is 5.92 Å². The van der Waals surface area contributed by atoms with Gasteiger partial charge in [-0.15, -0.1) is 0 Å². The molecule has 1 rings (SSSR count). The number of Topliss-reactive ketones (excluding diaryl/α,β-unsaturated/α-hetero) is 1. The standard InChI is InChI=1S/C10H15F3OS/c11-10(12,13)15-7-6-8-4-2-1-3-5-9(8)14/h8H,1-7H2. The van der Waals surface area contributed by atoms with E-state index >= 15 is 0 Å². The van der Waals surface area contributed by atoms with Gasteiger partial charge in [0.15, 0.2) is 0 Å². The Bertz CT molecular complexity index is 215. The molecule has 0 saturated heterocycles. The SMILES string of the molecule is O=C1CCCCCC1CCSC(F)(F)F. The highest BCUT2D eigenvalue weighted by molar-refractivity contribution is 8.00. The largest absolute Gasteiger partial charge is 0.441 e. The smallest absolute Gasteiger partial charge is 0.299 e. The minimum atomic E-state index is -4.16. The zero-order valence-corrected chi connectivity index (χ0v) is 9.29. The number of ketones is 1. The van der Waals surface area contributed by atoms with E-state index in [0.29, 0.717) is 12.8 Å². The van der Waals surface area contributed by atoms with Crippen molar-refractivity contribution >= 4 is 17.5 Å². The summed E-state index contributed by atoms with van der Waals surface area (Å²) in [6.07, 6.45) is 4.63. The highest BCUT2D eigenvalue weighted by Gasteiger charge is 2.29. The van der Waals surface area contributed by atoms with Gasteiger partial charge < -0.3 is 0 Å². The first-order chi connectivity index (χ1) is 6.99. The lowest BCUT2D eigenvalue weighted by molar-refractivity contribution is -0.122. The molecule has 1 aliphatic rings. The fourth-order valence-electron chi connectivity index (χ4n) is 1.85. The van der Waals surface area contributed by atoms with Gasteiger partial charge in [0, 0.05) is 18.1 Å². The van der Waals surface area contributed by atoms with E-state index < -0.39 is 5.51 Å². The molecule has 0 heterocycles. The molecule has 0 spiro atoms. The Hall–Kier alpha value is -0.190. The Labute approximate surface area is 91.8 Å². The molecule has 1 fully saturated rings. The van der Waals surface area contributed by atoms with Crippen molar-refractivity contribution in [1.82, 2.24) is 0 Å². The fraction of sp³-hybridized carbons (Fsp3) is 0.900. The van der Waals surface area contributed by atoms with Crippen LogP contribution in [0.4, 0.5) is 13.2 Å². The van der Waals surface area contributed by atoms with Crippen molar-refractivity contribution in [2.45, 2.75) is 44.0 Å². The molecule has 1 aliphatic carbocycles. The highest BCUT2D eigenvalue weighted by atomic mass is 32.2. The van der Waals surface area contributed by atoms with Crippen molar-refractivity contribution in [2.75, 3.05) is 5.75 Å². The second-order valence-corrected chi connectivity index (χ2v) is 5.01. The zero-order valence-electron chi connectivity index (χ0n) is 8.48. The van der Waals surface area contributed by atoms with Crippen LogP contribution in [-0.4, -0.2) is 17.0 Å². The number of alkyl halides is 3. The fourth-order valence-corrected chi connectivity index (χ4v) is 2.49. The molecule has 0 amide bonds. The van der Waals surface area contributed by atoms with E-state index in [2.05, 4.69) is 0 Å². The van der Waals surface area contributed by atoms with Gasteiger partial charge in [0.1, 0.15) is 5.78 Å². The summed E-state index contributed by atoms with van der Waals surface area (Å²) in [7, 11) is 0. The minimum Gasteiger partial charge on any atom is -0.299 e. The molecule has 1 nitrogen and oxygen atoms in total. The van der Waals surface area contributed by atoms with Gasteiger partial charge in [0.05, 0.1) is 0 Å². The van der Waals surface area contributed by atoms with Gasteiger partial charge >= 0.3 is 5.51 Å². The summed E-state index contributed by atoms with van der Waals surface area (Å²) in [5, 5.41) is 0. The molecule has 1 saturated carbocycles. The summed E-state index contributed by atoms with van der Waals surface area (Å²) in [6.45, 7) is 0. The first-order valence-corrected chi connectivity index (χ1v) is 6.21. The molecule has 0 aromatic heterocycles. The molecule has 0 N–H and O–H groups in total. The van der Waals surface area contributed by atoms with Crippen molar-refractivity contribution < 1.29 is 18.0 Å². The molecule has 88 valence electrons. The normalized spacial score (nSPS) is 23.9. The second kappa shape index (κ2) is 5.77. The first kappa shape index (κ1) is 12.9.